The predicted molar refractivity (Wildman–Crippen MR) is 59.6 cm³/mol. The van der Waals surface area contributed by atoms with E-state index < -0.39 is 0 Å². The summed E-state index contributed by atoms with van der Waals surface area (Å²) >= 11 is 0. The van der Waals surface area contributed by atoms with Crippen LogP contribution in [0.15, 0.2) is 18.2 Å². The van der Waals surface area contributed by atoms with Crippen LogP contribution in [0.1, 0.15) is 28.4 Å². The summed E-state index contributed by atoms with van der Waals surface area (Å²) in [5.74, 6) is 0.122. The third kappa shape index (κ3) is 1.75. The van der Waals surface area contributed by atoms with Crippen LogP contribution in [0, 0.1) is 0 Å². The number of hydrogen-bond donors (Lipinski definition) is 1. The zero-order valence-corrected chi connectivity index (χ0v) is 9.16. The molecule has 1 amide bonds. The molecule has 1 aliphatic rings. The van der Waals surface area contributed by atoms with E-state index in [1.54, 1.807) is 4.90 Å². The van der Waals surface area contributed by atoms with Gasteiger partial charge in [0.15, 0.2) is 0 Å². The fourth-order valence-corrected chi connectivity index (χ4v) is 2.07. The molecule has 3 heteroatoms. The van der Waals surface area contributed by atoms with Gasteiger partial charge in [0.05, 0.1) is 0 Å². The van der Waals surface area contributed by atoms with Crippen LogP contribution < -0.4 is 5.73 Å². The molecular formula is C12H16N2O. The number of nitrogens with two attached hydrogens (primary N) is 1. The molecule has 2 rings (SSSR count). The minimum Gasteiger partial charge on any atom is -0.337 e. The third-order valence-electron chi connectivity index (χ3n) is 2.79. The molecule has 0 bridgehead atoms. The van der Waals surface area contributed by atoms with Crippen LogP contribution in [-0.2, 0) is 13.0 Å². The topological polar surface area (TPSA) is 46.3 Å². The fourth-order valence-electron chi connectivity index (χ4n) is 2.07. The van der Waals surface area contributed by atoms with E-state index in [1.165, 1.54) is 5.56 Å². The van der Waals surface area contributed by atoms with Crippen molar-refractivity contribution in [3.05, 3.63) is 34.9 Å². The second kappa shape index (κ2) is 3.66. The van der Waals surface area contributed by atoms with Crippen molar-refractivity contribution in [2.45, 2.75) is 25.9 Å². The Hall–Kier alpha value is -1.35. The van der Waals surface area contributed by atoms with Crippen molar-refractivity contribution in [2.24, 2.45) is 5.73 Å². The number of fused-ring (bicyclic) bond motifs is 1. The van der Waals surface area contributed by atoms with Gasteiger partial charge in [-0.25, -0.2) is 0 Å². The molecule has 0 saturated carbocycles. The van der Waals surface area contributed by atoms with Gasteiger partial charge >= 0.3 is 0 Å². The molecule has 0 fully saturated rings. The van der Waals surface area contributed by atoms with Crippen LogP contribution in [0.2, 0.25) is 0 Å². The van der Waals surface area contributed by atoms with Gasteiger partial charge in [-0.05, 0) is 30.5 Å². The van der Waals surface area contributed by atoms with E-state index in [9.17, 15) is 4.79 Å². The molecule has 1 heterocycles. The maximum absolute atomic E-state index is 11.7. The van der Waals surface area contributed by atoms with E-state index in [1.807, 2.05) is 26.1 Å². The quantitative estimate of drug-likeness (QED) is 0.785. The molecule has 0 radical (unpaired) electrons. The molecule has 0 saturated heterocycles. The second-order valence-electron chi connectivity index (χ2n) is 4.29. The third-order valence-corrected chi connectivity index (χ3v) is 2.79. The zero-order chi connectivity index (χ0) is 11.0. The zero-order valence-electron chi connectivity index (χ0n) is 9.16. The first kappa shape index (κ1) is 10.2. The van der Waals surface area contributed by atoms with Crippen LogP contribution in [-0.4, -0.2) is 23.9 Å². The molecule has 1 unspecified atom stereocenters. The molecule has 0 spiro atoms. The summed E-state index contributed by atoms with van der Waals surface area (Å²) in [5.41, 5.74) is 9.00. The van der Waals surface area contributed by atoms with E-state index in [4.69, 9.17) is 5.73 Å². The molecule has 1 aliphatic heterocycles. The molecule has 0 aromatic heterocycles. The standard InChI is InChI=1S/C12H16N2O/c1-8(13)6-9-4-3-5-10-11(9)7-14(2)12(10)15/h3-5,8H,6-7,13H2,1-2H3. The number of amides is 1. The maximum atomic E-state index is 11.7. The van der Waals surface area contributed by atoms with Crippen molar-refractivity contribution in [2.75, 3.05) is 7.05 Å². The highest BCUT2D eigenvalue weighted by Crippen LogP contribution is 2.25. The van der Waals surface area contributed by atoms with E-state index >= 15 is 0 Å². The van der Waals surface area contributed by atoms with Gasteiger partial charge in [-0.3, -0.25) is 4.79 Å². The number of rotatable bonds is 2. The Morgan fingerprint density at radius 1 is 1.53 bits per heavy atom. The Labute approximate surface area is 89.9 Å². The Kier molecular flexibility index (Phi) is 2.49. The SMILES string of the molecule is CC(N)Cc1cccc2c1CN(C)C2=O. The van der Waals surface area contributed by atoms with Crippen molar-refractivity contribution < 1.29 is 4.79 Å². The summed E-state index contributed by atoms with van der Waals surface area (Å²) in [6, 6.07) is 6.03. The van der Waals surface area contributed by atoms with Crippen LogP contribution in [0.3, 0.4) is 0 Å². The average molecular weight is 204 g/mol. The van der Waals surface area contributed by atoms with E-state index in [2.05, 4.69) is 6.07 Å². The molecule has 1 aromatic rings. The van der Waals surface area contributed by atoms with Crippen LogP contribution in [0.25, 0.3) is 0 Å². The van der Waals surface area contributed by atoms with E-state index in [0.29, 0.717) is 0 Å². The first-order valence-electron chi connectivity index (χ1n) is 5.21. The minimum absolute atomic E-state index is 0.122. The molecule has 15 heavy (non-hydrogen) atoms. The Morgan fingerprint density at radius 3 is 2.93 bits per heavy atom. The number of hydrogen-bond acceptors (Lipinski definition) is 2. The molecule has 1 aromatic carbocycles. The Morgan fingerprint density at radius 2 is 2.27 bits per heavy atom. The van der Waals surface area contributed by atoms with Crippen LogP contribution >= 0.6 is 0 Å². The molecule has 0 aliphatic carbocycles. The highest BCUT2D eigenvalue weighted by molar-refractivity contribution is 5.98. The van der Waals surface area contributed by atoms with Gasteiger partial charge in [-0.1, -0.05) is 12.1 Å². The predicted octanol–water partition coefficient (Wildman–Crippen LogP) is 1.16. The van der Waals surface area contributed by atoms with Gasteiger partial charge in [0.2, 0.25) is 0 Å². The highest BCUT2D eigenvalue weighted by atomic mass is 16.2. The van der Waals surface area contributed by atoms with Gasteiger partial charge < -0.3 is 10.6 Å². The molecule has 3 nitrogen and oxygen atoms in total. The van der Waals surface area contributed by atoms with Crippen molar-refractivity contribution in [1.82, 2.24) is 4.90 Å². The number of benzene rings is 1. The van der Waals surface area contributed by atoms with Gasteiger partial charge in [0.25, 0.3) is 5.91 Å². The fraction of sp³-hybridized carbons (Fsp3) is 0.417. The Balaban J connectivity index is 2.40. The summed E-state index contributed by atoms with van der Waals surface area (Å²) in [6.07, 6.45) is 0.838. The van der Waals surface area contributed by atoms with Crippen molar-refractivity contribution in [1.29, 1.82) is 0 Å². The Bertz CT molecular complexity index is 399. The van der Waals surface area contributed by atoms with Crippen LogP contribution in [0.5, 0.6) is 0 Å². The van der Waals surface area contributed by atoms with E-state index in [0.717, 1.165) is 24.1 Å². The first-order valence-corrected chi connectivity index (χ1v) is 5.21. The lowest BCUT2D eigenvalue weighted by Crippen LogP contribution is -2.19. The normalized spacial score (nSPS) is 16.7. The minimum atomic E-state index is 0.122. The molecule has 80 valence electrons. The average Bonchev–Trinajstić information content (AvgIpc) is 2.45. The number of nitrogens with zero attached hydrogens (tertiary/aromatic N) is 1. The van der Waals surface area contributed by atoms with Gasteiger partial charge in [-0.15, -0.1) is 0 Å². The monoisotopic (exact) mass is 204 g/mol. The maximum Gasteiger partial charge on any atom is 0.254 e. The summed E-state index contributed by atoms with van der Waals surface area (Å²) < 4.78 is 0. The summed E-state index contributed by atoms with van der Waals surface area (Å²) in [4.78, 5) is 13.5. The molecular weight excluding hydrogens is 188 g/mol. The number of carbonyl (C=O) groups is 1. The van der Waals surface area contributed by atoms with E-state index in [-0.39, 0.29) is 11.9 Å². The summed E-state index contributed by atoms with van der Waals surface area (Å²) in [7, 11) is 1.83. The molecule has 2 N–H and O–H groups in total. The highest BCUT2D eigenvalue weighted by Gasteiger charge is 2.26. The van der Waals surface area contributed by atoms with Gasteiger partial charge in [0.1, 0.15) is 0 Å². The van der Waals surface area contributed by atoms with Crippen molar-refractivity contribution in [3.8, 4) is 0 Å². The van der Waals surface area contributed by atoms with Gasteiger partial charge in [0, 0.05) is 25.2 Å². The first-order chi connectivity index (χ1) is 7.09. The van der Waals surface area contributed by atoms with Crippen molar-refractivity contribution >= 4 is 5.91 Å². The molecule has 1 atom stereocenters. The lowest BCUT2D eigenvalue weighted by Gasteiger charge is -2.09. The summed E-state index contributed by atoms with van der Waals surface area (Å²) in [6.45, 7) is 2.71. The largest absolute Gasteiger partial charge is 0.337 e. The lowest BCUT2D eigenvalue weighted by atomic mass is 9.98. The second-order valence-corrected chi connectivity index (χ2v) is 4.29. The number of carbonyl (C=O) groups excluding carboxylic acids is 1. The van der Waals surface area contributed by atoms with Gasteiger partial charge in [-0.2, -0.15) is 0 Å². The van der Waals surface area contributed by atoms with Crippen molar-refractivity contribution in [3.63, 3.8) is 0 Å². The lowest BCUT2D eigenvalue weighted by molar-refractivity contribution is 0.0816. The summed E-state index contributed by atoms with van der Waals surface area (Å²) in [5, 5.41) is 0. The smallest absolute Gasteiger partial charge is 0.254 e. The van der Waals surface area contributed by atoms with Crippen LogP contribution in [0.4, 0.5) is 0 Å².